The molecule has 0 fully saturated rings. The highest BCUT2D eigenvalue weighted by Crippen LogP contribution is 2.20. The molecule has 2 N–H and O–H groups in total. The predicted octanol–water partition coefficient (Wildman–Crippen LogP) is 1.31. The number of carbonyl (C=O) groups is 1. The maximum Gasteiger partial charge on any atom is 0.275 e. The van der Waals surface area contributed by atoms with E-state index in [-0.39, 0.29) is 36.1 Å². The van der Waals surface area contributed by atoms with Crippen molar-refractivity contribution in [2.24, 2.45) is 5.41 Å². The minimum atomic E-state index is -0.335. The molecule has 2 aromatic rings. The third-order valence-electron chi connectivity index (χ3n) is 3.50. The van der Waals surface area contributed by atoms with E-state index >= 15 is 0 Å². The van der Waals surface area contributed by atoms with Crippen molar-refractivity contribution in [3.63, 3.8) is 0 Å². The van der Waals surface area contributed by atoms with Crippen molar-refractivity contribution in [3.05, 3.63) is 40.8 Å². The van der Waals surface area contributed by atoms with Gasteiger partial charge in [-0.3, -0.25) is 9.59 Å². The first-order chi connectivity index (χ1) is 10.8. The molecule has 6 heteroatoms. The van der Waals surface area contributed by atoms with Gasteiger partial charge in [0.2, 0.25) is 5.91 Å². The maximum atomic E-state index is 12.3. The zero-order valence-corrected chi connectivity index (χ0v) is 13.7. The Kier molecular flexibility index (Phi) is 5.15. The van der Waals surface area contributed by atoms with Crippen LogP contribution in [0.4, 0.5) is 0 Å². The fraction of sp³-hybridized carbons (Fsp3) is 0.471. The van der Waals surface area contributed by atoms with Gasteiger partial charge in [0.15, 0.2) is 0 Å². The molecule has 0 saturated carbocycles. The summed E-state index contributed by atoms with van der Waals surface area (Å²) < 4.78 is 1.14. The molecule has 0 bridgehead atoms. The number of fused-ring (bicyclic) bond motifs is 1. The molecule has 6 nitrogen and oxygen atoms in total. The van der Waals surface area contributed by atoms with Gasteiger partial charge < -0.3 is 10.4 Å². The second-order valence-electron chi connectivity index (χ2n) is 6.91. The fourth-order valence-electron chi connectivity index (χ4n) is 2.55. The van der Waals surface area contributed by atoms with Gasteiger partial charge in [-0.2, -0.15) is 5.10 Å². The topological polar surface area (TPSA) is 84.2 Å². The maximum absolute atomic E-state index is 12.3. The number of aliphatic hydroxyl groups excluding tert-OH is 1. The summed E-state index contributed by atoms with van der Waals surface area (Å²) in [6.07, 6.45) is 2.22. The van der Waals surface area contributed by atoms with Gasteiger partial charge in [-0.05, 0) is 17.9 Å². The van der Waals surface area contributed by atoms with Crippen LogP contribution < -0.4 is 10.9 Å². The Bertz CT molecular complexity index is 747. The number of carbonyl (C=O) groups excluding carboxylic acids is 1. The molecule has 0 aliphatic carbocycles. The normalized spacial score (nSPS) is 13.0. The summed E-state index contributed by atoms with van der Waals surface area (Å²) in [4.78, 5) is 24.5. The summed E-state index contributed by atoms with van der Waals surface area (Å²) in [5.41, 5.74) is -0.312. The number of benzene rings is 1. The number of aliphatic hydroxyl groups is 1. The lowest BCUT2D eigenvalue weighted by atomic mass is 9.88. The number of rotatable bonds is 5. The Balaban J connectivity index is 2.11. The first-order valence-electron chi connectivity index (χ1n) is 7.65. The molecule has 1 heterocycles. The SMILES string of the molecule is CC(C)(C)CC(CO)NC(=O)Cn1ncc2ccccc2c1=O. The van der Waals surface area contributed by atoms with E-state index in [0.717, 1.165) is 10.1 Å². The smallest absolute Gasteiger partial charge is 0.275 e. The van der Waals surface area contributed by atoms with E-state index in [9.17, 15) is 14.7 Å². The first kappa shape index (κ1) is 17.1. The lowest BCUT2D eigenvalue weighted by Crippen LogP contribution is -2.43. The number of nitrogens with zero attached hydrogens (tertiary/aromatic N) is 2. The average molecular weight is 317 g/mol. The number of amides is 1. The molecule has 0 radical (unpaired) electrons. The molecule has 23 heavy (non-hydrogen) atoms. The van der Waals surface area contributed by atoms with Crippen LogP contribution in [0.15, 0.2) is 35.3 Å². The van der Waals surface area contributed by atoms with Crippen molar-refractivity contribution in [1.29, 1.82) is 0 Å². The Morgan fingerprint density at radius 2 is 2.04 bits per heavy atom. The second kappa shape index (κ2) is 6.91. The summed E-state index contributed by atoms with van der Waals surface area (Å²) in [5, 5.41) is 17.5. The Hall–Kier alpha value is -2.21. The van der Waals surface area contributed by atoms with Crippen LogP contribution in [-0.2, 0) is 11.3 Å². The van der Waals surface area contributed by atoms with Crippen LogP contribution in [0.3, 0.4) is 0 Å². The largest absolute Gasteiger partial charge is 0.394 e. The van der Waals surface area contributed by atoms with Crippen LogP contribution >= 0.6 is 0 Å². The van der Waals surface area contributed by atoms with E-state index in [1.165, 1.54) is 0 Å². The molecular weight excluding hydrogens is 294 g/mol. The van der Waals surface area contributed by atoms with Crippen LogP contribution in [0.5, 0.6) is 0 Å². The summed E-state index contributed by atoms with van der Waals surface area (Å²) in [6.45, 7) is 5.82. The van der Waals surface area contributed by atoms with Crippen molar-refractivity contribution in [1.82, 2.24) is 15.1 Å². The van der Waals surface area contributed by atoms with E-state index in [0.29, 0.717) is 11.8 Å². The van der Waals surface area contributed by atoms with Crippen molar-refractivity contribution in [3.8, 4) is 0 Å². The summed E-state index contributed by atoms with van der Waals surface area (Å²) in [5.74, 6) is -0.335. The molecule has 1 aromatic carbocycles. The highest BCUT2D eigenvalue weighted by Gasteiger charge is 2.20. The summed E-state index contributed by atoms with van der Waals surface area (Å²) >= 11 is 0. The summed E-state index contributed by atoms with van der Waals surface area (Å²) in [7, 11) is 0. The molecule has 1 amide bonds. The molecule has 1 atom stereocenters. The van der Waals surface area contributed by atoms with Gasteiger partial charge in [0, 0.05) is 5.39 Å². The lowest BCUT2D eigenvalue weighted by molar-refractivity contribution is -0.123. The van der Waals surface area contributed by atoms with Gasteiger partial charge in [0.05, 0.1) is 24.2 Å². The zero-order chi connectivity index (χ0) is 17.0. The molecule has 0 aliphatic rings. The fourth-order valence-corrected chi connectivity index (χ4v) is 2.55. The van der Waals surface area contributed by atoms with Gasteiger partial charge in [0.25, 0.3) is 5.56 Å². The van der Waals surface area contributed by atoms with E-state index in [1.807, 2.05) is 26.8 Å². The lowest BCUT2D eigenvalue weighted by Gasteiger charge is -2.25. The highest BCUT2D eigenvalue weighted by atomic mass is 16.3. The zero-order valence-electron chi connectivity index (χ0n) is 13.7. The van der Waals surface area contributed by atoms with Crippen molar-refractivity contribution in [2.75, 3.05) is 6.61 Å². The Morgan fingerprint density at radius 3 is 2.70 bits per heavy atom. The predicted molar refractivity (Wildman–Crippen MR) is 89.1 cm³/mol. The Morgan fingerprint density at radius 1 is 1.35 bits per heavy atom. The van der Waals surface area contributed by atoms with Crippen LogP contribution in [0.1, 0.15) is 27.2 Å². The highest BCUT2D eigenvalue weighted by molar-refractivity contribution is 5.81. The molecule has 2 rings (SSSR count). The first-order valence-corrected chi connectivity index (χ1v) is 7.65. The molecule has 1 unspecified atom stereocenters. The standard InChI is InChI=1S/C17H23N3O3/c1-17(2,3)8-13(11-21)19-15(22)10-20-16(23)14-7-5-4-6-12(14)9-18-20/h4-7,9,13,21H,8,10-11H2,1-3H3,(H,19,22). The number of aromatic nitrogens is 2. The van der Waals surface area contributed by atoms with E-state index in [1.54, 1.807) is 24.4 Å². The Labute approximate surface area is 135 Å². The van der Waals surface area contributed by atoms with Crippen LogP contribution in [0, 0.1) is 5.41 Å². The van der Waals surface area contributed by atoms with Crippen LogP contribution in [0.25, 0.3) is 10.8 Å². The van der Waals surface area contributed by atoms with Crippen LogP contribution in [0.2, 0.25) is 0 Å². The van der Waals surface area contributed by atoms with Crippen molar-refractivity contribution < 1.29 is 9.90 Å². The number of hydrogen-bond donors (Lipinski definition) is 2. The molecule has 0 saturated heterocycles. The number of hydrogen-bond acceptors (Lipinski definition) is 4. The average Bonchev–Trinajstić information content (AvgIpc) is 2.48. The van der Waals surface area contributed by atoms with Gasteiger partial charge in [-0.1, -0.05) is 39.0 Å². The monoisotopic (exact) mass is 317 g/mol. The minimum absolute atomic E-state index is 0.0152. The van der Waals surface area contributed by atoms with Gasteiger partial charge in [0.1, 0.15) is 6.54 Å². The van der Waals surface area contributed by atoms with Gasteiger partial charge in [-0.15, -0.1) is 0 Å². The summed E-state index contributed by atoms with van der Waals surface area (Å²) in [6, 6.07) is 6.79. The molecular formula is C17H23N3O3. The second-order valence-corrected chi connectivity index (χ2v) is 6.91. The van der Waals surface area contributed by atoms with E-state index in [4.69, 9.17) is 0 Å². The van der Waals surface area contributed by atoms with E-state index < -0.39 is 0 Å². The third kappa shape index (κ3) is 4.63. The molecule has 124 valence electrons. The van der Waals surface area contributed by atoms with Crippen molar-refractivity contribution in [2.45, 2.75) is 39.8 Å². The molecule has 1 aromatic heterocycles. The van der Waals surface area contributed by atoms with E-state index in [2.05, 4.69) is 10.4 Å². The quantitative estimate of drug-likeness (QED) is 0.871. The van der Waals surface area contributed by atoms with Gasteiger partial charge in [-0.25, -0.2) is 4.68 Å². The van der Waals surface area contributed by atoms with Crippen LogP contribution in [-0.4, -0.2) is 33.4 Å². The third-order valence-corrected chi connectivity index (χ3v) is 3.50. The van der Waals surface area contributed by atoms with Crippen molar-refractivity contribution >= 4 is 16.7 Å². The molecule has 0 spiro atoms. The van der Waals surface area contributed by atoms with Gasteiger partial charge >= 0.3 is 0 Å². The molecule has 0 aliphatic heterocycles. The minimum Gasteiger partial charge on any atom is -0.394 e. The number of nitrogens with one attached hydrogen (secondary N) is 1.